The molecule has 0 atom stereocenters. The van der Waals surface area contributed by atoms with Gasteiger partial charge in [-0.05, 0) is 37.5 Å². The smallest absolute Gasteiger partial charge is 0.209 e. The van der Waals surface area contributed by atoms with Crippen LogP contribution in [0.3, 0.4) is 0 Å². The Morgan fingerprint density at radius 3 is 2.60 bits per heavy atom. The van der Waals surface area contributed by atoms with Gasteiger partial charge in [-0.15, -0.1) is 0 Å². The van der Waals surface area contributed by atoms with Crippen molar-refractivity contribution in [2.45, 2.75) is 32.6 Å². The van der Waals surface area contributed by atoms with Crippen LogP contribution < -0.4 is 9.88 Å². The summed E-state index contributed by atoms with van der Waals surface area (Å²) in [6, 6.07) is 5.84. The van der Waals surface area contributed by atoms with Crippen molar-refractivity contribution in [1.82, 2.24) is 0 Å². The fraction of sp³-hybridized carbons (Fsp3) is 0.571. The molecule has 0 amide bonds. The molecule has 1 aromatic carbocycles. The van der Waals surface area contributed by atoms with E-state index in [1.807, 2.05) is 25.1 Å². The molecule has 20 heavy (non-hydrogen) atoms. The molecule has 0 saturated heterocycles. The zero-order valence-electron chi connectivity index (χ0n) is 11.6. The predicted molar refractivity (Wildman–Crippen MR) is 83.2 cm³/mol. The number of primary sulfonamides is 1. The molecule has 0 aliphatic heterocycles. The summed E-state index contributed by atoms with van der Waals surface area (Å²) in [6.45, 7) is 2.38. The molecule has 0 spiro atoms. The Hall–Kier alpha value is -0.590. The van der Waals surface area contributed by atoms with Gasteiger partial charge in [-0.25, -0.2) is 13.6 Å². The van der Waals surface area contributed by atoms with Crippen LogP contribution in [0.15, 0.2) is 22.7 Å². The highest BCUT2D eigenvalue weighted by Crippen LogP contribution is 2.39. The minimum atomic E-state index is -3.48. The molecular formula is C14H20BrNO3S. The third-order valence-electron chi connectivity index (χ3n) is 3.86. The second kappa shape index (κ2) is 6.03. The second-order valence-electron chi connectivity index (χ2n) is 5.71. The van der Waals surface area contributed by atoms with E-state index in [2.05, 4.69) is 15.9 Å². The average Bonchev–Trinajstić information content (AvgIpc) is 2.77. The topological polar surface area (TPSA) is 69.4 Å². The largest absolute Gasteiger partial charge is 0.493 e. The first kappa shape index (κ1) is 15.8. The van der Waals surface area contributed by atoms with Gasteiger partial charge in [-0.3, -0.25) is 0 Å². The number of aryl methyl sites for hydroxylation is 1. The summed E-state index contributed by atoms with van der Waals surface area (Å²) in [4.78, 5) is 0. The zero-order valence-corrected chi connectivity index (χ0v) is 14.0. The number of hydrogen-bond donors (Lipinski definition) is 1. The molecule has 1 aromatic rings. The molecular weight excluding hydrogens is 342 g/mol. The first-order valence-electron chi connectivity index (χ1n) is 6.69. The molecule has 0 radical (unpaired) electrons. The summed E-state index contributed by atoms with van der Waals surface area (Å²) in [5.41, 5.74) is 0.708. The Morgan fingerprint density at radius 1 is 1.35 bits per heavy atom. The van der Waals surface area contributed by atoms with Crippen molar-refractivity contribution in [3.8, 4) is 5.75 Å². The van der Waals surface area contributed by atoms with Crippen molar-refractivity contribution in [2.24, 2.45) is 10.6 Å². The van der Waals surface area contributed by atoms with Gasteiger partial charge >= 0.3 is 0 Å². The monoisotopic (exact) mass is 361 g/mol. The quantitative estimate of drug-likeness (QED) is 0.876. The molecule has 4 nitrogen and oxygen atoms in total. The molecule has 1 aliphatic carbocycles. The van der Waals surface area contributed by atoms with Gasteiger partial charge in [0.2, 0.25) is 10.0 Å². The molecule has 0 heterocycles. The SMILES string of the molecule is Cc1ccc(Br)cc1OCC1(CS(N)(=O)=O)CCCC1. The standard InChI is InChI=1S/C14H20BrNO3S/c1-11-4-5-12(15)8-13(11)19-9-14(6-2-3-7-14)10-20(16,17)18/h4-5,8H,2-3,6-7,9-10H2,1H3,(H2,16,17,18). The Balaban J connectivity index is 2.11. The average molecular weight is 362 g/mol. The van der Waals surface area contributed by atoms with E-state index < -0.39 is 10.0 Å². The minimum Gasteiger partial charge on any atom is -0.493 e. The van der Waals surface area contributed by atoms with Gasteiger partial charge in [-0.2, -0.15) is 0 Å². The summed E-state index contributed by atoms with van der Waals surface area (Å²) < 4.78 is 29.7. The number of nitrogens with two attached hydrogens (primary N) is 1. The van der Waals surface area contributed by atoms with Crippen LogP contribution in [0.1, 0.15) is 31.2 Å². The van der Waals surface area contributed by atoms with Crippen molar-refractivity contribution in [1.29, 1.82) is 0 Å². The summed E-state index contributed by atoms with van der Waals surface area (Å²) in [5, 5.41) is 5.23. The molecule has 2 rings (SSSR count). The maximum absolute atomic E-state index is 11.4. The van der Waals surface area contributed by atoms with Gasteiger partial charge in [-0.1, -0.05) is 34.8 Å². The third kappa shape index (κ3) is 4.20. The van der Waals surface area contributed by atoms with E-state index >= 15 is 0 Å². The van der Waals surface area contributed by atoms with Gasteiger partial charge in [0.1, 0.15) is 5.75 Å². The van der Waals surface area contributed by atoms with Crippen LogP contribution in [-0.4, -0.2) is 20.8 Å². The summed E-state index contributed by atoms with van der Waals surface area (Å²) in [6.07, 6.45) is 3.79. The fourth-order valence-electron chi connectivity index (χ4n) is 2.84. The summed E-state index contributed by atoms with van der Waals surface area (Å²) in [7, 11) is -3.48. The van der Waals surface area contributed by atoms with Crippen molar-refractivity contribution in [2.75, 3.05) is 12.4 Å². The van der Waals surface area contributed by atoms with E-state index in [0.717, 1.165) is 41.5 Å². The molecule has 1 aliphatic rings. The lowest BCUT2D eigenvalue weighted by Gasteiger charge is -2.28. The van der Waals surface area contributed by atoms with Gasteiger partial charge in [0, 0.05) is 9.89 Å². The number of sulfonamides is 1. The number of hydrogen-bond acceptors (Lipinski definition) is 3. The molecule has 0 aromatic heterocycles. The molecule has 0 unspecified atom stereocenters. The Bertz CT molecular complexity index is 580. The molecule has 112 valence electrons. The Kier molecular flexibility index (Phi) is 4.76. The van der Waals surface area contributed by atoms with E-state index in [0.29, 0.717) is 6.61 Å². The van der Waals surface area contributed by atoms with Crippen LogP contribution in [0, 0.1) is 12.3 Å². The summed E-state index contributed by atoms with van der Waals surface area (Å²) >= 11 is 3.42. The number of rotatable bonds is 5. The van der Waals surface area contributed by atoms with E-state index in [4.69, 9.17) is 9.88 Å². The highest BCUT2D eigenvalue weighted by Gasteiger charge is 2.38. The predicted octanol–water partition coefficient (Wildman–Crippen LogP) is 2.99. The Morgan fingerprint density at radius 2 is 2.00 bits per heavy atom. The first-order valence-corrected chi connectivity index (χ1v) is 9.20. The highest BCUT2D eigenvalue weighted by atomic mass is 79.9. The number of ether oxygens (including phenoxy) is 1. The second-order valence-corrected chi connectivity index (χ2v) is 8.24. The van der Waals surface area contributed by atoms with Crippen molar-refractivity contribution in [3.63, 3.8) is 0 Å². The van der Waals surface area contributed by atoms with Crippen molar-refractivity contribution >= 4 is 26.0 Å². The van der Waals surface area contributed by atoms with Crippen LogP contribution >= 0.6 is 15.9 Å². The van der Waals surface area contributed by atoms with Gasteiger partial charge < -0.3 is 4.74 Å². The number of benzene rings is 1. The fourth-order valence-corrected chi connectivity index (χ4v) is 4.41. The maximum atomic E-state index is 11.4. The molecule has 1 fully saturated rings. The van der Waals surface area contributed by atoms with Gasteiger partial charge in [0.25, 0.3) is 0 Å². The van der Waals surface area contributed by atoms with Crippen LogP contribution in [0.2, 0.25) is 0 Å². The highest BCUT2D eigenvalue weighted by molar-refractivity contribution is 9.10. The van der Waals surface area contributed by atoms with Crippen molar-refractivity contribution in [3.05, 3.63) is 28.2 Å². The van der Waals surface area contributed by atoms with E-state index in [1.165, 1.54) is 0 Å². The normalized spacial score (nSPS) is 18.1. The van der Waals surface area contributed by atoms with Crippen LogP contribution in [-0.2, 0) is 10.0 Å². The van der Waals surface area contributed by atoms with Crippen LogP contribution in [0.5, 0.6) is 5.75 Å². The molecule has 0 bridgehead atoms. The van der Waals surface area contributed by atoms with Crippen LogP contribution in [0.4, 0.5) is 0 Å². The third-order valence-corrected chi connectivity index (χ3v) is 5.36. The zero-order chi connectivity index (χ0) is 14.8. The Labute approximate surface area is 128 Å². The van der Waals surface area contributed by atoms with Crippen LogP contribution in [0.25, 0.3) is 0 Å². The molecule has 2 N–H and O–H groups in total. The number of halogens is 1. The van der Waals surface area contributed by atoms with E-state index in [1.54, 1.807) is 0 Å². The van der Waals surface area contributed by atoms with Crippen molar-refractivity contribution < 1.29 is 13.2 Å². The van der Waals surface area contributed by atoms with E-state index in [9.17, 15) is 8.42 Å². The lowest BCUT2D eigenvalue weighted by molar-refractivity contribution is 0.169. The minimum absolute atomic E-state index is 0.00699. The lowest BCUT2D eigenvalue weighted by atomic mass is 9.90. The van der Waals surface area contributed by atoms with E-state index in [-0.39, 0.29) is 11.2 Å². The van der Waals surface area contributed by atoms with Gasteiger partial charge in [0.05, 0.1) is 12.4 Å². The molecule has 6 heteroatoms. The summed E-state index contributed by atoms with van der Waals surface area (Å²) in [5.74, 6) is 0.799. The van der Waals surface area contributed by atoms with Gasteiger partial charge in [0.15, 0.2) is 0 Å². The maximum Gasteiger partial charge on any atom is 0.209 e. The molecule has 1 saturated carbocycles. The first-order chi connectivity index (χ1) is 9.30. The lowest BCUT2D eigenvalue weighted by Crippen LogP contribution is -2.36.